The second-order valence-electron chi connectivity index (χ2n) is 4.43. The van der Waals surface area contributed by atoms with Crippen molar-refractivity contribution in [1.29, 1.82) is 0 Å². The van der Waals surface area contributed by atoms with Crippen molar-refractivity contribution in [3.05, 3.63) is 34.3 Å². The summed E-state index contributed by atoms with van der Waals surface area (Å²) >= 11 is 6.45. The van der Waals surface area contributed by atoms with Crippen molar-refractivity contribution in [2.24, 2.45) is 5.92 Å². The van der Waals surface area contributed by atoms with Crippen LogP contribution in [0.1, 0.15) is 39.7 Å². The lowest BCUT2D eigenvalue weighted by Gasteiger charge is -2.37. The van der Waals surface area contributed by atoms with Crippen LogP contribution in [0.25, 0.3) is 0 Å². The van der Waals surface area contributed by atoms with Gasteiger partial charge in [0.2, 0.25) is 0 Å². The standard InChI is InChI=1S/C12H14BrNO2.2C2H6.CH3Br/c13-11-3-1-2-9(6-11)12-8-15-5-4-10(12)7-16-14-12;3*1-2/h1-3,6,10,14H,4-5,7-8H2;2*1-2H3;1H3. The Labute approximate surface area is 152 Å². The maximum atomic E-state index is 5.62. The Bertz CT molecular complexity index is 404. The van der Waals surface area contributed by atoms with Crippen molar-refractivity contribution in [1.82, 2.24) is 5.48 Å². The normalized spacial score (nSPS) is 25.3. The molecule has 2 aliphatic heterocycles. The number of hydroxylamine groups is 1. The lowest BCUT2D eigenvalue weighted by atomic mass is 9.77. The molecule has 128 valence electrons. The molecule has 3 rings (SSSR count). The monoisotopic (exact) mass is 437 g/mol. The van der Waals surface area contributed by atoms with Crippen molar-refractivity contribution >= 4 is 31.9 Å². The highest BCUT2D eigenvalue weighted by molar-refractivity contribution is 9.10. The molecule has 2 saturated heterocycles. The van der Waals surface area contributed by atoms with E-state index in [1.54, 1.807) is 0 Å². The molecule has 0 spiro atoms. The quantitative estimate of drug-likeness (QED) is 0.605. The third kappa shape index (κ3) is 5.31. The van der Waals surface area contributed by atoms with Crippen LogP contribution in [0.5, 0.6) is 0 Å². The lowest BCUT2D eigenvalue weighted by molar-refractivity contribution is -0.0210. The summed E-state index contributed by atoms with van der Waals surface area (Å²) < 4.78 is 6.72. The number of alkyl halides is 1. The van der Waals surface area contributed by atoms with Crippen molar-refractivity contribution < 1.29 is 9.57 Å². The fourth-order valence-corrected chi connectivity index (χ4v) is 2.98. The second-order valence-corrected chi connectivity index (χ2v) is 5.35. The van der Waals surface area contributed by atoms with E-state index in [1.807, 2.05) is 39.6 Å². The van der Waals surface area contributed by atoms with E-state index in [1.165, 1.54) is 5.56 Å². The van der Waals surface area contributed by atoms with E-state index >= 15 is 0 Å². The molecule has 5 heteroatoms. The minimum Gasteiger partial charge on any atom is -0.379 e. The van der Waals surface area contributed by atoms with Gasteiger partial charge in [0.25, 0.3) is 0 Å². The molecule has 22 heavy (non-hydrogen) atoms. The summed E-state index contributed by atoms with van der Waals surface area (Å²) in [6.45, 7) is 10.3. The first kappa shape index (κ1) is 22.1. The van der Waals surface area contributed by atoms with Crippen LogP contribution in [0, 0.1) is 5.92 Å². The molecule has 1 aromatic carbocycles. The molecule has 1 aromatic rings. The number of halogens is 2. The Balaban J connectivity index is 0.000000661. The maximum Gasteiger partial charge on any atom is 0.0965 e. The van der Waals surface area contributed by atoms with Gasteiger partial charge in [0.15, 0.2) is 0 Å². The van der Waals surface area contributed by atoms with Gasteiger partial charge in [-0.1, -0.05) is 71.7 Å². The molecule has 0 aromatic heterocycles. The highest BCUT2D eigenvalue weighted by Gasteiger charge is 2.47. The number of hydrogen-bond donors (Lipinski definition) is 1. The van der Waals surface area contributed by atoms with Crippen LogP contribution >= 0.6 is 31.9 Å². The minimum atomic E-state index is -0.151. The topological polar surface area (TPSA) is 30.5 Å². The van der Waals surface area contributed by atoms with E-state index in [0.29, 0.717) is 12.5 Å². The van der Waals surface area contributed by atoms with E-state index in [4.69, 9.17) is 9.57 Å². The fourth-order valence-electron chi connectivity index (χ4n) is 2.58. The van der Waals surface area contributed by atoms with E-state index in [-0.39, 0.29) is 5.54 Å². The van der Waals surface area contributed by atoms with Crippen LogP contribution < -0.4 is 5.48 Å². The van der Waals surface area contributed by atoms with Crippen LogP contribution in [0.4, 0.5) is 0 Å². The Kier molecular flexibility index (Phi) is 12.5. The maximum absolute atomic E-state index is 5.62. The van der Waals surface area contributed by atoms with Gasteiger partial charge in [-0.05, 0) is 30.0 Å². The van der Waals surface area contributed by atoms with Crippen LogP contribution in [0.2, 0.25) is 0 Å². The number of rotatable bonds is 1. The molecule has 2 unspecified atom stereocenters. The SMILES string of the molecule is Brc1cccc(C23COCCC2CON3)c1.CBr.CC.CC. The summed E-state index contributed by atoms with van der Waals surface area (Å²) in [5.74, 6) is 2.32. The summed E-state index contributed by atoms with van der Waals surface area (Å²) in [7, 11) is 0. The van der Waals surface area contributed by atoms with Crippen molar-refractivity contribution in [3.8, 4) is 0 Å². The molecule has 2 heterocycles. The predicted octanol–water partition coefficient (Wildman–Crippen LogP) is 5.28. The average molecular weight is 439 g/mol. The molecule has 0 bridgehead atoms. The molecule has 0 radical (unpaired) electrons. The van der Waals surface area contributed by atoms with Gasteiger partial charge >= 0.3 is 0 Å². The zero-order chi connectivity index (χ0) is 17.0. The molecule has 2 atom stereocenters. The van der Waals surface area contributed by atoms with Crippen LogP contribution in [-0.4, -0.2) is 25.7 Å². The molecule has 2 aliphatic rings. The number of fused-ring (bicyclic) bond motifs is 1. The lowest BCUT2D eigenvalue weighted by Crippen LogP contribution is -2.49. The molecular weight excluding hydrogens is 410 g/mol. The van der Waals surface area contributed by atoms with Gasteiger partial charge in [-0.2, -0.15) is 5.48 Å². The van der Waals surface area contributed by atoms with Gasteiger partial charge < -0.3 is 9.57 Å². The molecule has 0 saturated carbocycles. The molecule has 1 N–H and O–H groups in total. The highest BCUT2D eigenvalue weighted by Crippen LogP contribution is 2.40. The molecular formula is C17H29Br2NO2. The van der Waals surface area contributed by atoms with E-state index in [2.05, 4.69) is 55.5 Å². The highest BCUT2D eigenvalue weighted by atomic mass is 79.9. The van der Waals surface area contributed by atoms with Crippen LogP contribution in [0.3, 0.4) is 0 Å². The number of hydrogen-bond acceptors (Lipinski definition) is 3. The van der Waals surface area contributed by atoms with Gasteiger partial charge in [0.1, 0.15) is 0 Å². The van der Waals surface area contributed by atoms with Gasteiger partial charge in [-0.25, -0.2) is 0 Å². The predicted molar refractivity (Wildman–Crippen MR) is 101 cm³/mol. The number of ether oxygens (including phenoxy) is 1. The average Bonchev–Trinajstić information content (AvgIpc) is 3.05. The van der Waals surface area contributed by atoms with E-state index < -0.39 is 0 Å². The number of nitrogens with one attached hydrogen (secondary N) is 1. The van der Waals surface area contributed by atoms with Crippen LogP contribution in [-0.2, 0) is 15.1 Å². The molecule has 3 nitrogen and oxygen atoms in total. The first-order chi connectivity index (χ1) is 10.8. The van der Waals surface area contributed by atoms with Crippen molar-refractivity contribution in [2.45, 2.75) is 39.7 Å². The molecule has 0 aliphatic carbocycles. The second kappa shape index (κ2) is 12.5. The summed E-state index contributed by atoms with van der Waals surface area (Å²) in [5, 5.41) is 0. The fraction of sp³-hybridized carbons (Fsp3) is 0.647. The Hall–Kier alpha value is 0.0600. The van der Waals surface area contributed by atoms with Crippen LogP contribution in [0.15, 0.2) is 28.7 Å². The third-order valence-corrected chi connectivity index (χ3v) is 4.01. The zero-order valence-electron chi connectivity index (χ0n) is 14.3. The summed E-state index contributed by atoms with van der Waals surface area (Å²) in [5.41, 5.74) is 4.26. The Morgan fingerprint density at radius 1 is 1.18 bits per heavy atom. The van der Waals surface area contributed by atoms with Gasteiger partial charge in [0, 0.05) is 17.0 Å². The Morgan fingerprint density at radius 3 is 2.50 bits per heavy atom. The van der Waals surface area contributed by atoms with E-state index in [9.17, 15) is 0 Å². The summed E-state index contributed by atoms with van der Waals surface area (Å²) in [6.07, 6.45) is 1.06. The van der Waals surface area contributed by atoms with Gasteiger partial charge in [-0.15, -0.1) is 0 Å². The van der Waals surface area contributed by atoms with Gasteiger partial charge in [0.05, 0.1) is 18.8 Å². The third-order valence-electron chi connectivity index (χ3n) is 3.52. The smallest absolute Gasteiger partial charge is 0.0965 e. The first-order valence-electron chi connectivity index (χ1n) is 7.92. The Morgan fingerprint density at radius 2 is 1.86 bits per heavy atom. The zero-order valence-corrected chi connectivity index (χ0v) is 17.5. The molecule has 2 fully saturated rings. The van der Waals surface area contributed by atoms with E-state index in [0.717, 1.165) is 24.1 Å². The summed E-state index contributed by atoms with van der Waals surface area (Å²) in [6, 6.07) is 8.37. The van der Waals surface area contributed by atoms with Crippen molar-refractivity contribution in [2.75, 3.05) is 25.7 Å². The van der Waals surface area contributed by atoms with Crippen molar-refractivity contribution in [3.63, 3.8) is 0 Å². The van der Waals surface area contributed by atoms with Gasteiger partial charge in [-0.3, -0.25) is 0 Å². The largest absolute Gasteiger partial charge is 0.379 e. The minimum absolute atomic E-state index is 0.151. The molecule has 0 amide bonds. The summed E-state index contributed by atoms with van der Waals surface area (Å²) in [4.78, 5) is 5.44. The first-order valence-corrected chi connectivity index (χ1v) is 10.3. The number of benzene rings is 1.